The number of aromatic nitrogens is 2. The molecule has 0 spiro atoms. The first-order chi connectivity index (χ1) is 12.0. The molecule has 126 valence electrons. The number of hydrogen-bond acceptors (Lipinski definition) is 7. The number of primary amides is 1. The summed E-state index contributed by atoms with van der Waals surface area (Å²) in [7, 11) is 1.53. The van der Waals surface area contributed by atoms with Crippen molar-refractivity contribution >= 4 is 40.2 Å². The van der Waals surface area contributed by atoms with Crippen molar-refractivity contribution in [2.24, 2.45) is 5.73 Å². The van der Waals surface area contributed by atoms with Gasteiger partial charge in [-0.2, -0.15) is 0 Å². The van der Waals surface area contributed by atoms with E-state index in [1.165, 1.54) is 13.1 Å². The van der Waals surface area contributed by atoms with Gasteiger partial charge in [0.1, 0.15) is 10.6 Å². The van der Waals surface area contributed by atoms with Crippen LogP contribution in [-0.4, -0.2) is 35.0 Å². The van der Waals surface area contributed by atoms with Gasteiger partial charge in [-0.15, -0.1) is 11.3 Å². The number of ether oxygens (including phenoxy) is 1. The number of pyridine rings is 2. The third-order valence-corrected chi connectivity index (χ3v) is 4.42. The molecule has 3 aromatic rings. The molecule has 25 heavy (non-hydrogen) atoms. The summed E-state index contributed by atoms with van der Waals surface area (Å²) in [6.07, 6.45) is 2.07. The zero-order valence-electron chi connectivity index (χ0n) is 13.0. The van der Waals surface area contributed by atoms with Crippen LogP contribution in [0.1, 0.15) is 20.2 Å². The van der Waals surface area contributed by atoms with Crippen molar-refractivity contribution in [3.63, 3.8) is 0 Å². The maximum atomic E-state index is 11.8. The second-order valence-corrected chi connectivity index (χ2v) is 5.99. The Kier molecular flexibility index (Phi) is 4.40. The Hall–Kier alpha value is -3.33. The van der Waals surface area contributed by atoms with Gasteiger partial charge >= 0.3 is 12.1 Å². The van der Waals surface area contributed by atoms with Gasteiger partial charge in [-0.25, -0.2) is 14.6 Å². The fourth-order valence-corrected chi connectivity index (χ4v) is 3.11. The molecule has 0 saturated heterocycles. The van der Waals surface area contributed by atoms with Crippen LogP contribution in [-0.2, 0) is 4.74 Å². The monoisotopic (exact) mass is 356 g/mol. The second kappa shape index (κ2) is 6.65. The topological polar surface area (TPSA) is 124 Å². The zero-order chi connectivity index (χ0) is 18.0. The van der Waals surface area contributed by atoms with E-state index in [0.29, 0.717) is 16.0 Å². The molecular weight excluding hydrogens is 344 g/mol. The predicted octanol–water partition coefficient (Wildman–Crippen LogP) is 1.95. The average Bonchev–Trinajstić information content (AvgIpc) is 3.09. The van der Waals surface area contributed by atoms with Crippen LogP contribution in [0.4, 0.5) is 4.79 Å². The SMILES string of the molecule is CNC(=O)c1ccc2cncc(-c3ccc(C(=O)OC(N)=O)s3)c2n1. The van der Waals surface area contributed by atoms with Crippen molar-refractivity contribution in [2.45, 2.75) is 0 Å². The number of hydrogen-bond donors (Lipinski definition) is 2. The summed E-state index contributed by atoms with van der Waals surface area (Å²) in [4.78, 5) is 43.7. The van der Waals surface area contributed by atoms with Gasteiger partial charge in [0.25, 0.3) is 5.91 Å². The molecular formula is C16H12N4O4S. The van der Waals surface area contributed by atoms with Gasteiger partial charge in [0.2, 0.25) is 0 Å². The number of carbonyl (C=O) groups excluding carboxylic acids is 3. The van der Waals surface area contributed by atoms with Crippen molar-refractivity contribution in [3.8, 4) is 10.4 Å². The standard InChI is InChI=1S/C16H12N4O4S/c1-18-14(21)10-3-2-8-6-19-7-9(13(8)20-10)11-4-5-12(25-11)15(22)24-16(17)23/h2-7H,1H3,(H2,17,23)(H,18,21). The van der Waals surface area contributed by atoms with Crippen molar-refractivity contribution in [1.29, 1.82) is 0 Å². The minimum absolute atomic E-state index is 0.216. The molecule has 9 heteroatoms. The van der Waals surface area contributed by atoms with E-state index in [4.69, 9.17) is 5.73 Å². The highest BCUT2D eigenvalue weighted by atomic mass is 32.1. The highest BCUT2D eigenvalue weighted by molar-refractivity contribution is 7.17. The molecule has 0 unspecified atom stereocenters. The molecule has 2 amide bonds. The van der Waals surface area contributed by atoms with Gasteiger partial charge < -0.3 is 15.8 Å². The summed E-state index contributed by atoms with van der Waals surface area (Å²) in [6.45, 7) is 0. The highest BCUT2D eigenvalue weighted by Crippen LogP contribution is 2.32. The molecule has 0 fully saturated rings. The molecule has 3 aromatic heterocycles. The lowest BCUT2D eigenvalue weighted by Crippen LogP contribution is -2.19. The number of nitrogens with two attached hydrogens (primary N) is 1. The van der Waals surface area contributed by atoms with Crippen LogP contribution < -0.4 is 11.1 Å². The van der Waals surface area contributed by atoms with Crippen molar-refractivity contribution in [3.05, 3.63) is 47.2 Å². The second-order valence-electron chi connectivity index (χ2n) is 4.91. The molecule has 0 aliphatic carbocycles. The maximum Gasteiger partial charge on any atom is 0.412 e. The number of nitrogens with zero attached hydrogens (tertiary/aromatic N) is 2. The molecule has 8 nitrogen and oxygen atoms in total. The smallest absolute Gasteiger partial charge is 0.372 e. The number of nitrogens with one attached hydrogen (secondary N) is 1. The van der Waals surface area contributed by atoms with E-state index < -0.39 is 12.1 Å². The van der Waals surface area contributed by atoms with Gasteiger partial charge in [-0.05, 0) is 24.3 Å². The van der Waals surface area contributed by atoms with Crippen LogP contribution in [0.5, 0.6) is 0 Å². The molecule has 0 bridgehead atoms. The Labute approximate surface area is 145 Å². The van der Waals surface area contributed by atoms with Gasteiger partial charge in [-0.1, -0.05) is 0 Å². The van der Waals surface area contributed by atoms with Crippen molar-refractivity contribution < 1.29 is 19.1 Å². The lowest BCUT2D eigenvalue weighted by atomic mass is 10.1. The summed E-state index contributed by atoms with van der Waals surface area (Å²) >= 11 is 1.11. The van der Waals surface area contributed by atoms with Gasteiger partial charge in [0.05, 0.1) is 5.52 Å². The van der Waals surface area contributed by atoms with Gasteiger partial charge in [0.15, 0.2) is 0 Å². The van der Waals surface area contributed by atoms with E-state index in [0.717, 1.165) is 16.7 Å². The molecule has 0 aromatic carbocycles. The lowest BCUT2D eigenvalue weighted by molar-refractivity contribution is 0.0643. The van der Waals surface area contributed by atoms with Crippen molar-refractivity contribution in [1.82, 2.24) is 15.3 Å². The lowest BCUT2D eigenvalue weighted by Gasteiger charge is -2.05. The van der Waals surface area contributed by atoms with E-state index in [1.807, 2.05) is 0 Å². The van der Waals surface area contributed by atoms with Crippen LogP contribution in [0.3, 0.4) is 0 Å². The third kappa shape index (κ3) is 3.31. The minimum Gasteiger partial charge on any atom is -0.372 e. The van der Waals surface area contributed by atoms with E-state index in [-0.39, 0.29) is 16.5 Å². The number of fused-ring (bicyclic) bond motifs is 1. The third-order valence-electron chi connectivity index (χ3n) is 3.32. The Morgan fingerprint density at radius 1 is 1.16 bits per heavy atom. The Bertz CT molecular complexity index is 999. The first-order valence-electron chi connectivity index (χ1n) is 7.08. The summed E-state index contributed by atoms with van der Waals surface area (Å²) in [6, 6.07) is 6.57. The van der Waals surface area contributed by atoms with E-state index in [1.54, 1.807) is 30.6 Å². The van der Waals surface area contributed by atoms with Crippen LogP contribution in [0.2, 0.25) is 0 Å². The number of carbonyl (C=O) groups is 3. The normalized spacial score (nSPS) is 10.4. The summed E-state index contributed by atoms with van der Waals surface area (Å²) in [5.41, 5.74) is 6.35. The average molecular weight is 356 g/mol. The Morgan fingerprint density at radius 2 is 1.96 bits per heavy atom. The molecule has 3 rings (SSSR count). The summed E-state index contributed by atoms with van der Waals surface area (Å²) in [5.74, 6) is -1.13. The molecule has 3 heterocycles. The number of thiophene rings is 1. The molecule has 0 aliphatic rings. The minimum atomic E-state index is -1.16. The fourth-order valence-electron chi connectivity index (χ4n) is 2.21. The molecule has 0 aliphatic heterocycles. The number of amides is 2. The Morgan fingerprint density at radius 3 is 2.68 bits per heavy atom. The quantitative estimate of drug-likeness (QED) is 0.546. The predicted molar refractivity (Wildman–Crippen MR) is 91.2 cm³/mol. The molecule has 0 radical (unpaired) electrons. The van der Waals surface area contributed by atoms with E-state index in [9.17, 15) is 14.4 Å². The molecule has 0 saturated carbocycles. The van der Waals surface area contributed by atoms with E-state index >= 15 is 0 Å². The van der Waals surface area contributed by atoms with Gasteiger partial charge in [-0.3, -0.25) is 9.78 Å². The first kappa shape index (κ1) is 16.5. The van der Waals surface area contributed by atoms with E-state index in [2.05, 4.69) is 20.0 Å². The van der Waals surface area contributed by atoms with Crippen LogP contribution in [0, 0.1) is 0 Å². The summed E-state index contributed by atoms with van der Waals surface area (Å²) < 4.78 is 4.36. The van der Waals surface area contributed by atoms with Crippen molar-refractivity contribution in [2.75, 3.05) is 7.05 Å². The molecule has 0 atom stereocenters. The largest absolute Gasteiger partial charge is 0.412 e. The fraction of sp³-hybridized carbons (Fsp3) is 0.0625. The van der Waals surface area contributed by atoms with Crippen LogP contribution >= 0.6 is 11.3 Å². The first-order valence-corrected chi connectivity index (χ1v) is 7.90. The van der Waals surface area contributed by atoms with Gasteiger partial charge in [0, 0.05) is 35.3 Å². The highest BCUT2D eigenvalue weighted by Gasteiger charge is 2.16. The van der Waals surface area contributed by atoms with Crippen LogP contribution in [0.15, 0.2) is 36.7 Å². The zero-order valence-corrected chi connectivity index (χ0v) is 13.8. The Balaban J connectivity index is 2.06. The van der Waals surface area contributed by atoms with Crippen LogP contribution in [0.25, 0.3) is 21.3 Å². The number of esters is 1. The number of rotatable bonds is 3. The molecule has 3 N–H and O–H groups in total. The summed E-state index contributed by atoms with van der Waals surface area (Å²) in [5, 5.41) is 3.27. The maximum absolute atomic E-state index is 11.8.